The number of aliphatic imine (C=N–C) groups is 2. The second-order valence-electron chi connectivity index (χ2n) is 6.49. The van der Waals surface area contributed by atoms with Crippen molar-refractivity contribution in [2.75, 3.05) is 0 Å². The fourth-order valence-electron chi connectivity index (χ4n) is 2.75. The van der Waals surface area contributed by atoms with Crippen LogP contribution in [-0.4, -0.2) is 16.4 Å². The number of aromatic nitrogens is 1. The summed E-state index contributed by atoms with van der Waals surface area (Å²) in [5.41, 5.74) is 6.14. The number of hydrogen-bond donors (Lipinski definition) is 0. The Bertz CT molecular complexity index is 1020. The van der Waals surface area contributed by atoms with E-state index >= 15 is 0 Å². The SMILES string of the molecule is CC(=Nc1ccccc1C)c1cccc(C(C)=Nc2c(C)cccc2F)n1. The minimum Gasteiger partial charge on any atom is -0.251 e. The molecule has 0 radical (unpaired) electrons. The molecule has 3 rings (SSSR count). The molecule has 0 fully saturated rings. The molecule has 0 N–H and O–H groups in total. The molecular weight excluding hydrogens is 337 g/mol. The van der Waals surface area contributed by atoms with Crippen molar-refractivity contribution in [2.45, 2.75) is 27.7 Å². The number of nitrogens with zero attached hydrogens (tertiary/aromatic N) is 3. The second-order valence-corrected chi connectivity index (χ2v) is 6.49. The van der Waals surface area contributed by atoms with Crippen molar-refractivity contribution in [1.29, 1.82) is 0 Å². The van der Waals surface area contributed by atoms with Crippen LogP contribution in [0.5, 0.6) is 0 Å². The minimum atomic E-state index is -0.331. The van der Waals surface area contributed by atoms with Crippen molar-refractivity contribution < 1.29 is 4.39 Å². The summed E-state index contributed by atoms with van der Waals surface area (Å²) in [7, 11) is 0. The van der Waals surface area contributed by atoms with Gasteiger partial charge >= 0.3 is 0 Å². The highest BCUT2D eigenvalue weighted by Gasteiger charge is 2.08. The average Bonchev–Trinajstić information content (AvgIpc) is 2.66. The highest BCUT2D eigenvalue weighted by Crippen LogP contribution is 2.23. The van der Waals surface area contributed by atoms with E-state index in [0.717, 1.165) is 28.2 Å². The summed E-state index contributed by atoms with van der Waals surface area (Å²) in [6.45, 7) is 7.65. The van der Waals surface area contributed by atoms with Gasteiger partial charge in [-0.3, -0.25) is 4.99 Å². The van der Waals surface area contributed by atoms with Gasteiger partial charge in [0.25, 0.3) is 0 Å². The molecule has 1 aromatic heterocycles. The number of aryl methyl sites for hydroxylation is 2. The summed E-state index contributed by atoms with van der Waals surface area (Å²) in [4.78, 5) is 13.8. The first-order chi connectivity index (χ1) is 13.0. The Balaban J connectivity index is 1.96. The maximum absolute atomic E-state index is 14.1. The molecule has 0 amide bonds. The van der Waals surface area contributed by atoms with E-state index in [2.05, 4.69) is 9.98 Å². The lowest BCUT2D eigenvalue weighted by atomic mass is 10.1. The molecule has 0 spiro atoms. The standard InChI is InChI=1S/C23H22FN3/c1-15-9-5-6-12-20(15)25-17(3)21-13-8-14-22(27-21)18(4)26-23-16(2)10-7-11-19(23)24/h5-14H,1-4H3. The van der Waals surface area contributed by atoms with Gasteiger partial charge < -0.3 is 0 Å². The van der Waals surface area contributed by atoms with Crippen LogP contribution in [0.3, 0.4) is 0 Å². The molecule has 1 heterocycles. The van der Waals surface area contributed by atoms with E-state index in [1.54, 1.807) is 6.07 Å². The van der Waals surface area contributed by atoms with Crippen LogP contribution in [0.1, 0.15) is 36.4 Å². The normalized spacial score (nSPS) is 12.3. The Morgan fingerprint density at radius 1 is 0.741 bits per heavy atom. The molecular formula is C23H22FN3. The molecule has 2 aromatic carbocycles. The highest BCUT2D eigenvalue weighted by molar-refractivity contribution is 6.02. The number of benzene rings is 2. The number of pyridine rings is 1. The van der Waals surface area contributed by atoms with Crippen molar-refractivity contribution in [3.63, 3.8) is 0 Å². The van der Waals surface area contributed by atoms with Crippen molar-refractivity contribution in [2.24, 2.45) is 9.98 Å². The van der Waals surface area contributed by atoms with Gasteiger partial charge in [0, 0.05) is 0 Å². The zero-order chi connectivity index (χ0) is 19.4. The van der Waals surface area contributed by atoms with E-state index in [4.69, 9.17) is 4.99 Å². The number of hydrogen-bond acceptors (Lipinski definition) is 3. The van der Waals surface area contributed by atoms with Crippen LogP contribution < -0.4 is 0 Å². The third-order valence-corrected chi connectivity index (χ3v) is 4.36. The van der Waals surface area contributed by atoms with Crippen molar-refractivity contribution in [3.8, 4) is 0 Å². The van der Waals surface area contributed by atoms with Gasteiger partial charge in [-0.15, -0.1) is 0 Å². The molecule has 0 saturated heterocycles. The highest BCUT2D eigenvalue weighted by atomic mass is 19.1. The number of rotatable bonds is 4. The first kappa shape index (κ1) is 18.6. The first-order valence-corrected chi connectivity index (χ1v) is 8.85. The third kappa shape index (κ3) is 4.34. The molecule has 0 aliphatic carbocycles. The van der Waals surface area contributed by atoms with Gasteiger partial charge in [0.1, 0.15) is 11.5 Å². The van der Waals surface area contributed by atoms with Crippen LogP contribution in [0.2, 0.25) is 0 Å². The Labute approximate surface area is 159 Å². The number of para-hydroxylation sites is 2. The maximum Gasteiger partial charge on any atom is 0.149 e. The summed E-state index contributed by atoms with van der Waals surface area (Å²) in [5.74, 6) is -0.331. The van der Waals surface area contributed by atoms with E-state index < -0.39 is 0 Å². The Morgan fingerprint density at radius 2 is 1.33 bits per heavy atom. The van der Waals surface area contributed by atoms with Crippen LogP contribution in [0.15, 0.2) is 70.6 Å². The van der Waals surface area contributed by atoms with Gasteiger partial charge in [0.05, 0.1) is 28.5 Å². The summed E-state index contributed by atoms with van der Waals surface area (Å²) in [6.07, 6.45) is 0. The van der Waals surface area contributed by atoms with E-state index in [1.807, 2.05) is 76.2 Å². The fourth-order valence-corrected chi connectivity index (χ4v) is 2.75. The largest absolute Gasteiger partial charge is 0.251 e. The molecule has 0 unspecified atom stereocenters. The molecule has 4 heteroatoms. The van der Waals surface area contributed by atoms with Crippen LogP contribution in [0, 0.1) is 19.7 Å². The lowest BCUT2D eigenvalue weighted by molar-refractivity contribution is 0.629. The number of halogens is 1. The Kier molecular flexibility index (Phi) is 5.55. The molecule has 0 aliphatic heterocycles. The lowest BCUT2D eigenvalue weighted by Crippen LogP contribution is -2.05. The van der Waals surface area contributed by atoms with Gasteiger partial charge in [-0.25, -0.2) is 14.4 Å². The molecule has 0 atom stereocenters. The zero-order valence-electron chi connectivity index (χ0n) is 16.0. The molecule has 0 bridgehead atoms. The average molecular weight is 359 g/mol. The lowest BCUT2D eigenvalue weighted by Gasteiger charge is -2.07. The van der Waals surface area contributed by atoms with Crippen LogP contribution in [0.25, 0.3) is 0 Å². The predicted octanol–water partition coefficient (Wildman–Crippen LogP) is 6.12. The summed E-state index contributed by atoms with van der Waals surface area (Å²) >= 11 is 0. The van der Waals surface area contributed by atoms with E-state index in [1.165, 1.54) is 6.07 Å². The Hall–Kier alpha value is -3.14. The summed E-state index contributed by atoms with van der Waals surface area (Å²) in [6, 6.07) is 18.6. The molecule has 3 aromatic rings. The molecule has 27 heavy (non-hydrogen) atoms. The van der Waals surface area contributed by atoms with Gasteiger partial charge in [0.15, 0.2) is 0 Å². The molecule has 136 valence electrons. The zero-order valence-corrected chi connectivity index (χ0v) is 16.0. The second kappa shape index (κ2) is 8.04. The monoisotopic (exact) mass is 359 g/mol. The first-order valence-electron chi connectivity index (χ1n) is 8.85. The van der Waals surface area contributed by atoms with Crippen LogP contribution >= 0.6 is 0 Å². The molecule has 0 saturated carbocycles. The smallest absolute Gasteiger partial charge is 0.149 e. The van der Waals surface area contributed by atoms with Crippen molar-refractivity contribution in [1.82, 2.24) is 4.98 Å². The minimum absolute atomic E-state index is 0.331. The van der Waals surface area contributed by atoms with Crippen molar-refractivity contribution >= 4 is 22.8 Å². The molecule has 0 aliphatic rings. The van der Waals surface area contributed by atoms with Gasteiger partial charge in [-0.1, -0.05) is 36.4 Å². The Morgan fingerprint density at radius 3 is 2.00 bits per heavy atom. The van der Waals surface area contributed by atoms with Crippen LogP contribution in [-0.2, 0) is 0 Å². The topological polar surface area (TPSA) is 37.6 Å². The summed E-state index contributed by atoms with van der Waals surface area (Å²) in [5, 5.41) is 0. The van der Waals surface area contributed by atoms with Gasteiger partial charge in [0.2, 0.25) is 0 Å². The van der Waals surface area contributed by atoms with Crippen LogP contribution in [0.4, 0.5) is 15.8 Å². The van der Waals surface area contributed by atoms with Gasteiger partial charge in [-0.2, -0.15) is 0 Å². The van der Waals surface area contributed by atoms with Crippen molar-refractivity contribution in [3.05, 3.63) is 89.0 Å². The quantitative estimate of drug-likeness (QED) is 0.517. The van der Waals surface area contributed by atoms with Gasteiger partial charge in [-0.05, 0) is 63.1 Å². The third-order valence-electron chi connectivity index (χ3n) is 4.36. The maximum atomic E-state index is 14.1. The van der Waals surface area contributed by atoms with E-state index in [0.29, 0.717) is 17.1 Å². The molecule has 3 nitrogen and oxygen atoms in total. The fraction of sp³-hybridized carbons (Fsp3) is 0.174. The van der Waals surface area contributed by atoms with E-state index in [-0.39, 0.29) is 5.82 Å². The predicted molar refractivity (Wildman–Crippen MR) is 110 cm³/mol. The van der Waals surface area contributed by atoms with E-state index in [9.17, 15) is 4.39 Å². The summed E-state index contributed by atoms with van der Waals surface area (Å²) < 4.78 is 14.1.